The first kappa shape index (κ1) is 10.7. The zero-order valence-corrected chi connectivity index (χ0v) is 10.5. The van der Waals surface area contributed by atoms with E-state index < -0.39 is 0 Å². The van der Waals surface area contributed by atoms with Crippen molar-refractivity contribution in [3.63, 3.8) is 0 Å². The fraction of sp³-hybridized carbons (Fsp3) is 0.167. The Morgan fingerprint density at radius 2 is 1.77 bits per heavy atom. The third kappa shape index (κ3) is 3.87. The molecule has 0 aliphatic carbocycles. The Morgan fingerprint density at radius 1 is 1.15 bits per heavy atom. The molecule has 0 saturated heterocycles. The van der Waals surface area contributed by atoms with Crippen molar-refractivity contribution in [2.24, 2.45) is 0 Å². The van der Waals surface area contributed by atoms with Crippen molar-refractivity contribution in [2.45, 2.75) is 13.8 Å². The van der Waals surface area contributed by atoms with Crippen LogP contribution in [0.4, 0.5) is 0 Å². The Morgan fingerprint density at radius 3 is 2.38 bits per heavy atom. The third-order valence-electron chi connectivity index (χ3n) is 1.55. The van der Waals surface area contributed by atoms with Crippen LogP contribution < -0.4 is 0 Å². The quantitative estimate of drug-likeness (QED) is 0.628. The van der Waals surface area contributed by atoms with Crippen LogP contribution in [0.3, 0.4) is 0 Å². The molecule has 1 heteroatoms. The molecule has 0 saturated carbocycles. The van der Waals surface area contributed by atoms with E-state index in [1.807, 2.05) is 0 Å². The molecule has 0 aromatic heterocycles. The molecular formula is C12H13Zr-. The molecule has 2 rings (SSSR count). The molecule has 0 bridgehead atoms. The van der Waals surface area contributed by atoms with Crippen molar-refractivity contribution in [3.8, 4) is 0 Å². The van der Waals surface area contributed by atoms with Crippen LogP contribution >= 0.6 is 0 Å². The number of hydrogen-bond donors (Lipinski definition) is 0. The van der Waals surface area contributed by atoms with Crippen LogP contribution in [0.15, 0.2) is 42.5 Å². The Balaban J connectivity index is 0.000000184. The van der Waals surface area contributed by atoms with Crippen LogP contribution in [0.1, 0.15) is 13.8 Å². The first-order valence-corrected chi connectivity index (χ1v) is 5.55. The zero-order chi connectivity index (χ0) is 9.68. The summed E-state index contributed by atoms with van der Waals surface area (Å²) in [6.07, 6.45) is 0. The summed E-state index contributed by atoms with van der Waals surface area (Å²) >= 11 is 1.55. The molecule has 0 aliphatic heterocycles. The average molecular weight is 248 g/mol. The molecule has 2 aromatic rings. The Hall–Kier alpha value is -0.417. The van der Waals surface area contributed by atoms with Gasteiger partial charge in [0.2, 0.25) is 0 Å². The largest absolute Gasteiger partial charge is 0.168 e. The van der Waals surface area contributed by atoms with Gasteiger partial charge in [0, 0.05) is 0 Å². The minimum atomic E-state index is 1.33. The van der Waals surface area contributed by atoms with Crippen molar-refractivity contribution >= 4 is 14.0 Å². The smallest absolute Gasteiger partial charge is 0.0809 e. The molecule has 0 nitrogen and oxygen atoms in total. The van der Waals surface area contributed by atoms with Crippen LogP contribution in [0.2, 0.25) is 0 Å². The van der Waals surface area contributed by atoms with E-state index in [1.165, 1.54) is 14.0 Å². The van der Waals surface area contributed by atoms with Gasteiger partial charge in [-0.05, 0) is 0 Å². The standard InChI is InChI=1S/C9H7.C3H6.Zr/c1-2-5-9-7-3-6-8(9)4-1;1-3-2;/h1-7H;1-2H3;/q-1;;. The molecule has 0 N–H and O–H groups in total. The molecule has 66 valence electrons. The van der Waals surface area contributed by atoms with Gasteiger partial charge < -0.3 is 0 Å². The Kier molecular flexibility index (Phi) is 4.38. The zero-order valence-electron chi connectivity index (χ0n) is 8.04. The molecule has 0 heterocycles. The Bertz CT molecular complexity index is 350. The van der Waals surface area contributed by atoms with Crippen molar-refractivity contribution in [1.29, 1.82) is 0 Å². The van der Waals surface area contributed by atoms with Crippen LogP contribution in [-0.2, 0) is 24.2 Å². The van der Waals surface area contributed by atoms with Crippen LogP contribution in [-0.4, -0.2) is 3.21 Å². The molecule has 0 radical (unpaired) electrons. The van der Waals surface area contributed by atoms with Crippen molar-refractivity contribution < 1.29 is 24.2 Å². The molecule has 0 atom stereocenters. The van der Waals surface area contributed by atoms with Gasteiger partial charge >= 0.3 is 41.3 Å². The summed E-state index contributed by atoms with van der Waals surface area (Å²) in [5, 5.41) is 2.66. The van der Waals surface area contributed by atoms with Gasteiger partial charge in [-0.1, -0.05) is 6.07 Å². The fourth-order valence-corrected chi connectivity index (χ4v) is 1.07. The van der Waals surface area contributed by atoms with Gasteiger partial charge in [-0.15, -0.1) is 29.7 Å². The SMILES string of the molecule is C[C](C)=[Zr].c1ccc2[cH-]ccc2c1. The Labute approximate surface area is 94.3 Å². The van der Waals surface area contributed by atoms with Gasteiger partial charge in [0.1, 0.15) is 0 Å². The van der Waals surface area contributed by atoms with E-state index in [2.05, 4.69) is 56.3 Å². The molecule has 0 fully saturated rings. The maximum Gasteiger partial charge on any atom is -0.0809 e. The van der Waals surface area contributed by atoms with Crippen LogP contribution in [0.25, 0.3) is 10.8 Å². The van der Waals surface area contributed by atoms with E-state index in [9.17, 15) is 0 Å². The minimum Gasteiger partial charge on any atom is -0.168 e. The van der Waals surface area contributed by atoms with Gasteiger partial charge in [0.15, 0.2) is 0 Å². The van der Waals surface area contributed by atoms with E-state index in [1.54, 1.807) is 24.2 Å². The molecule has 0 unspecified atom stereocenters. The van der Waals surface area contributed by atoms with E-state index in [0.717, 1.165) is 0 Å². The van der Waals surface area contributed by atoms with Crippen molar-refractivity contribution in [2.75, 3.05) is 0 Å². The van der Waals surface area contributed by atoms with Gasteiger partial charge in [-0.25, -0.2) is 0 Å². The average Bonchev–Trinajstić information content (AvgIpc) is 2.49. The molecule has 2 aromatic carbocycles. The minimum absolute atomic E-state index is 1.33. The third-order valence-corrected chi connectivity index (χ3v) is 1.55. The molecular weight excluding hydrogens is 235 g/mol. The fourth-order valence-electron chi connectivity index (χ4n) is 1.07. The second kappa shape index (κ2) is 5.34. The van der Waals surface area contributed by atoms with Gasteiger partial charge in [0.05, 0.1) is 0 Å². The number of benzene rings is 1. The predicted molar refractivity (Wildman–Crippen MR) is 55.9 cm³/mol. The maximum atomic E-state index is 2.12. The summed E-state index contributed by atoms with van der Waals surface area (Å²) < 4.78 is 1.51. The van der Waals surface area contributed by atoms with Crippen molar-refractivity contribution in [3.05, 3.63) is 42.5 Å². The summed E-state index contributed by atoms with van der Waals surface area (Å²) in [7, 11) is 0. The number of fused-ring (bicyclic) bond motifs is 1. The van der Waals surface area contributed by atoms with E-state index in [0.29, 0.717) is 0 Å². The van der Waals surface area contributed by atoms with Crippen molar-refractivity contribution in [1.82, 2.24) is 0 Å². The molecule has 0 aliphatic rings. The first-order chi connectivity index (χ1) is 6.20. The normalized spacial score (nSPS) is 9.00. The van der Waals surface area contributed by atoms with E-state index >= 15 is 0 Å². The summed E-state index contributed by atoms with van der Waals surface area (Å²) in [5.41, 5.74) is 0. The number of hydrogen-bond acceptors (Lipinski definition) is 0. The summed E-state index contributed by atoms with van der Waals surface area (Å²) in [6, 6.07) is 14.7. The van der Waals surface area contributed by atoms with E-state index in [-0.39, 0.29) is 0 Å². The predicted octanol–water partition coefficient (Wildman–Crippen LogP) is 3.30. The summed E-state index contributed by atoms with van der Waals surface area (Å²) in [6.45, 7) is 4.25. The first-order valence-electron chi connectivity index (χ1n) is 4.32. The van der Waals surface area contributed by atoms with Gasteiger partial charge in [-0.2, -0.15) is 17.5 Å². The second-order valence-corrected chi connectivity index (χ2v) is 5.61. The van der Waals surface area contributed by atoms with Crippen LogP contribution in [0.5, 0.6) is 0 Å². The molecule has 0 spiro atoms. The second-order valence-electron chi connectivity index (χ2n) is 3.15. The summed E-state index contributed by atoms with van der Waals surface area (Å²) in [5.74, 6) is 0. The maximum absolute atomic E-state index is 2.12. The topological polar surface area (TPSA) is 0 Å². The van der Waals surface area contributed by atoms with Gasteiger partial charge in [-0.3, -0.25) is 0 Å². The summed E-state index contributed by atoms with van der Waals surface area (Å²) in [4.78, 5) is 0. The van der Waals surface area contributed by atoms with Crippen LogP contribution in [0, 0.1) is 0 Å². The monoisotopic (exact) mass is 247 g/mol. The van der Waals surface area contributed by atoms with E-state index in [4.69, 9.17) is 0 Å². The molecule has 0 amide bonds. The number of rotatable bonds is 0. The molecule has 13 heavy (non-hydrogen) atoms. The van der Waals surface area contributed by atoms with Gasteiger partial charge in [0.25, 0.3) is 0 Å².